The summed E-state index contributed by atoms with van der Waals surface area (Å²) in [5.41, 5.74) is 1.76. The topological polar surface area (TPSA) is 63.5 Å². The van der Waals surface area contributed by atoms with E-state index in [4.69, 9.17) is 0 Å². The highest BCUT2D eigenvalue weighted by atomic mass is 16.6. The summed E-state index contributed by atoms with van der Waals surface area (Å²) in [6.45, 7) is 2.11. The Morgan fingerprint density at radius 1 is 1.53 bits per heavy atom. The molecule has 15 heavy (non-hydrogen) atoms. The van der Waals surface area contributed by atoms with Crippen LogP contribution in [0.4, 0.5) is 11.4 Å². The van der Waals surface area contributed by atoms with E-state index >= 15 is 0 Å². The molecule has 1 amide bonds. The Morgan fingerprint density at radius 2 is 2.27 bits per heavy atom. The van der Waals surface area contributed by atoms with Crippen molar-refractivity contribution in [2.24, 2.45) is 0 Å². The first kappa shape index (κ1) is 9.64. The third-order valence-electron chi connectivity index (χ3n) is 2.55. The van der Waals surface area contributed by atoms with Crippen molar-refractivity contribution in [1.29, 1.82) is 0 Å². The molecule has 0 spiro atoms. The molecule has 1 heterocycles. The summed E-state index contributed by atoms with van der Waals surface area (Å²) in [5.74, 6) is -0.0254. The molecular formula is C10H10N2O3. The van der Waals surface area contributed by atoms with Gasteiger partial charge in [0.25, 0.3) is 5.69 Å². The first-order valence-corrected chi connectivity index (χ1v) is 4.65. The molecule has 78 valence electrons. The molecule has 5 nitrogen and oxygen atoms in total. The van der Waals surface area contributed by atoms with Gasteiger partial charge in [-0.05, 0) is 18.1 Å². The van der Waals surface area contributed by atoms with Crippen molar-refractivity contribution in [2.75, 3.05) is 11.4 Å². The number of nitrogens with zero attached hydrogens (tertiary/aromatic N) is 2. The number of rotatable bonds is 1. The Hall–Kier alpha value is -1.91. The fourth-order valence-electron chi connectivity index (χ4n) is 1.83. The first-order valence-electron chi connectivity index (χ1n) is 4.65. The van der Waals surface area contributed by atoms with E-state index in [1.165, 1.54) is 19.1 Å². The summed E-state index contributed by atoms with van der Waals surface area (Å²) in [7, 11) is 0. The van der Waals surface area contributed by atoms with Crippen LogP contribution in [0, 0.1) is 10.1 Å². The van der Waals surface area contributed by atoms with Gasteiger partial charge in [-0.15, -0.1) is 0 Å². The third-order valence-corrected chi connectivity index (χ3v) is 2.55. The number of amides is 1. The van der Waals surface area contributed by atoms with Crippen LogP contribution in [0.15, 0.2) is 18.2 Å². The highest BCUT2D eigenvalue weighted by molar-refractivity contribution is 5.93. The fraction of sp³-hybridized carbons (Fsp3) is 0.300. The van der Waals surface area contributed by atoms with Gasteiger partial charge in [0.05, 0.1) is 4.92 Å². The molecule has 0 unspecified atom stereocenters. The second-order valence-electron chi connectivity index (χ2n) is 3.49. The van der Waals surface area contributed by atoms with Crippen molar-refractivity contribution in [3.05, 3.63) is 33.9 Å². The van der Waals surface area contributed by atoms with Gasteiger partial charge in [0.2, 0.25) is 5.91 Å². The van der Waals surface area contributed by atoms with Crippen molar-refractivity contribution in [3.63, 3.8) is 0 Å². The molecule has 0 aromatic heterocycles. The van der Waals surface area contributed by atoms with E-state index in [0.717, 1.165) is 11.3 Å². The van der Waals surface area contributed by atoms with Crippen LogP contribution in [0.1, 0.15) is 12.5 Å². The second-order valence-corrected chi connectivity index (χ2v) is 3.49. The van der Waals surface area contributed by atoms with Crippen LogP contribution in [0.25, 0.3) is 0 Å². The number of hydrogen-bond donors (Lipinski definition) is 0. The molecule has 0 N–H and O–H groups in total. The van der Waals surface area contributed by atoms with Gasteiger partial charge in [-0.3, -0.25) is 14.9 Å². The van der Waals surface area contributed by atoms with E-state index < -0.39 is 4.92 Å². The summed E-state index contributed by atoms with van der Waals surface area (Å²) in [6.07, 6.45) is 0.691. The summed E-state index contributed by atoms with van der Waals surface area (Å²) in [6, 6.07) is 4.61. The van der Waals surface area contributed by atoms with Crippen LogP contribution in [0.2, 0.25) is 0 Å². The maximum Gasteiger partial charge on any atom is 0.269 e. The lowest BCUT2D eigenvalue weighted by atomic mass is 10.1. The van der Waals surface area contributed by atoms with E-state index in [1.54, 1.807) is 11.0 Å². The van der Waals surface area contributed by atoms with E-state index in [0.29, 0.717) is 13.0 Å². The monoisotopic (exact) mass is 206 g/mol. The van der Waals surface area contributed by atoms with Crippen molar-refractivity contribution >= 4 is 17.3 Å². The fourth-order valence-corrected chi connectivity index (χ4v) is 1.83. The lowest BCUT2D eigenvalue weighted by molar-refractivity contribution is -0.384. The maximum atomic E-state index is 11.2. The van der Waals surface area contributed by atoms with E-state index in [9.17, 15) is 14.9 Å². The Morgan fingerprint density at radius 3 is 2.87 bits per heavy atom. The number of fused-ring (bicyclic) bond motifs is 1. The van der Waals surface area contributed by atoms with Crippen molar-refractivity contribution in [3.8, 4) is 0 Å². The zero-order valence-electron chi connectivity index (χ0n) is 8.27. The normalized spacial score (nSPS) is 13.8. The summed E-state index contributed by atoms with van der Waals surface area (Å²) >= 11 is 0. The summed E-state index contributed by atoms with van der Waals surface area (Å²) < 4.78 is 0. The van der Waals surface area contributed by atoms with Crippen molar-refractivity contribution in [1.82, 2.24) is 0 Å². The average molecular weight is 206 g/mol. The Bertz CT molecular complexity index is 442. The van der Waals surface area contributed by atoms with Gasteiger partial charge >= 0.3 is 0 Å². The van der Waals surface area contributed by atoms with Gasteiger partial charge in [0.1, 0.15) is 0 Å². The Kier molecular flexibility index (Phi) is 2.15. The predicted octanol–water partition coefficient (Wildman–Crippen LogP) is 1.50. The molecule has 0 aliphatic carbocycles. The smallest absolute Gasteiger partial charge is 0.269 e. The molecule has 0 fully saturated rings. The number of carbonyl (C=O) groups is 1. The van der Waals surface area contributed by atoms with Gasteiger partial charge < -0.3 is 4.90 Å². The molecule has 2 rings (SSSR count). The minimum atomic E-state index is -0.420. The van der Waals surface area contributed by atoms with E-state index in [-0.39, 0.29) is 11.6 Å². The second kappa shape index (κ2) is 3.34. The van der Waals surface area contributed by atoms with Crippen LogP contribution in [0.3, 0.4) is 0 Å². The van der Waals surface area contributed by atoms with Crippen molar-refractivity contribution in [2.45, 2.75) is 13.3 Å². The van der Waals surface area contributed by atoms with Crippen LogP contribution in [0.5, 0.6) is 0 Å². The molecule has 0 saturated carbocycles. The van der Waals surface area contributed by atoms with E-state index in [2.05, 4.69) is 0 Å². The molecule has 0 bridgehead atoms. The molecule has 1 aromatic rings. The van der Waals surface area contributed by atoms with E-state index in [1.807, 2.05) is 0 Å². The van der Waals surface area contributed by atoms with Gasteiger partial charge in [-0.25, -0.2) is 0 Å². The lowest BCUT2D eigenvalue weighted by Crippen LogP contribution is -2.25. The predicted molar refractivity (Wildman–Crippen MR) is 54.8 cm³/mol. The minimum absolute atomic E-state index is 0.0254. The highest BCUT2D eigenvalue weighted by Crippen LogP contribution is 2.30. The maximum absolute atomic E-state index is 11.2. The number of non-ortho nitro benzene ring substituents is 1. The van der Waals surface area contributed by atoms with Crippen LogP contribution in [-0.2, 0) is 11.2 Å². The van der Waals surface area contributed by atoms with Crippen molar-refractivity contribution < 1.29 is 9.72 Å². The van der Waals surface area contributed by atoms with Crippen LogP contribution < -0.4 is 4.90 Å². The first-order chi connectivity index (χ1) is 7.09. The SMILES string of the molecule is CC(=O)N1CCc2cc([N+](=O)[O-])ccc21. The number of nitro benzene ring substituents is 1. The quantitative estimate of drug-likeness (QED) is 0.516. The molecule has 0 radical (unpaired) electrons. The van der Waals surface area contributed by atoms with Gasteiger partial charge in [-0.1, -0.05) is 0 Å². The van der Waals surface area contributed by atoms with Gasteiger partial charge in [-0.2, -0.15) is 0 Å². The standard InChI is InChI=1S/C10H10N2O3/c1-7(13)11-5-4-8-6-9(12(14)15)2-3-10(8)11/h2-3,6H,4-5H2,1H3. The number of carbonyl (C=O) groups excluding carboxylic acids is 1. The molecule has 5 heteroatoms. The summed E-state index contributed by atoms with van der Waals surface area (Å²) in [4.78, 5) is 23.0. The largest absolute Gasteiger partial charge is 0.312 e. The Labute approximate surface area is 86.5 Å². The summed E-state index contributed by atoms with van der Waals surface area (Å²) in [5, 5.41) is 10.5. The molecule has 0 atom stereocenters. The average Bonchev–Trinajstić information content (AvgIpc) is 2.59. The minimum Gasteiger partial charge on any atom is -0.312 e. The zero-order chi connectivity index (χ0) is 11.0. The zero-order valence-corrected chi connectivity index (χ0v) is 8.27. The Balaban J connectivity index is 2.42. The van der Waals surface area contributed by atoms with Gasteiger partial charge in [0.15, 0.2) is 0 Å². The third kappa shape index (κ3) is 1.56. The molecule has 1 aliphatic rings. The molecule has 1 aromatic carbocycles. The van der Waals surface area contributed by atoms with Crippen LogP contribution in [-0.4, -0.2) is 17.4 Å². The number of nitro groups is 1. The highest BCUT2D eigenvalue weighted by Gasteiger charge is 2.23. The number of benzene rings is 1. The number of hydrogen-bond acceptors (Lipinski definition) is 3. The number of anilines is 1. The molecule has 1 aliphatic heterocycles. The molecular weight excluding hydrogens is 196 g/mol. The van der Waals surface area contributed by atoms with Gasteiger partial charge in [0, 0.05) is 31.3 Å². The molecule has 0 saturated heterocycles. The lowest BCUT2D eigenvalue weighted by Gasteiger charge is -2.13. The van der Waals surface area contributed by atoms with Crippen LogP contribution >= 0.6 is 0 Å².